The summed E-state index contributed by atoms with van der Waals surface area (Å²) in [4.78, 5) is 8.25. The summed E-state index contributed by atoms with van der Waals surface area (Å²) in [6.45, 7) is 2.26. The Hall–Kier alpha value is -2.61. The van der Waals surface area contributed by atoms with E-state index in [2.05, 4.69) is 25.6 Å². The molecule has 0 radical (unpaired) electrons. The van der Waals surface area contributed by atoms with Crippen molar-refractivity contribution in [1.82, 2.24) is 25.0 Å². The van der Waals surface area contributed by atoms with E-state index in [0.717, 1.165) is 5.56 Å². The number of hydrogen-bond donors (Lipinski definition) is 1. The standard InChI is InChI=1S/C15H13ClF2N6/c1-9-5-19-15(20-6-9)21-7-10-8-24(23-22-10)11-2-3-13(16)12(4-11)14(17)18/h2-6,8,14H,7H2,1H3,(H,19,20,21). The average molecular weight is 351 g/mol. The molecule has 0 fully saturated rings. The van der Waals surface area contributed by atoms with Crippen LogP contribution in [0.4, 0.5) is 14.7 Å². The molecule has 3 rings (SSSR count). The summed E-state index contributed by atoms with van der Waals surface area (Å²) in [5.41, 5.74) is 1.80. The summed E-state index contributed by atoms with van der Waals surface area (Å²) in [6.07, 6.45) is 2.39. The highest BCUT2D eigenvalue weighted by Gasteiger charge is 2.14. The Morgan fingerprint density at radius 1 is 1.25 bits per heavy atom. The topological polar surface area (TPSA) is 68.5 Å². The van der Waals surface area contributed by atoms with Gasteiger partial charge in [-0.15, -0.1) is 5.10 Å². The fourth-order valence-corrected chi connectivity index (χ4v) is 2.20. The maximum atomic E-state index is 12.9. The van der Waals surface area contributed by atoms with Gasteiger partial charge in [0.25, 0.3) is 6.43 Å². The maximum absolute atomic E-state index is 12.9. The van der Waals surface area contributed by atoms with Gasteiger partial charge in [0.1, 0.15) is 5.69 Å². The highest BCUT2D eigenvalue weighted by Crippen LogP contribution is 2.28. The van der Waals surface area contributed by atoms with Gasteiger partial charge in [0.15, 0.2) is 0 Å². The summed E-state index contributed by atoms with van der Waals surface area (Å²) in [6, 6.07) is 4.31. The van der Waals surface area contributed by atoms with Gasteiger partial charge in [0.05, 0.1) is 18.4 Å². The highest BCUT2D eigenvalue weighted by atomic mass is 35.5. The van der Waals surface area contributed by atoms with Crippen molar-refractivity contribution in [2.45, 2.75) is 19.9 Å². The number of aryl methyl sites for hydroxylation is 1. The van der Waals surface area contributed by atoms with E-state index < -0.39 is 6.43 Å². The number of alkyl halides is 2. The molecule has 0 atom stereocenters. The van der Waals surface area contributed by atoms with E-state index in [-0.39, 0.29) is 10.6 Å². The Morgan fingerprint density at radius 2 is 2.00 bits per heavy atom. The summed E-state index contributed by atoms with van der Waals surface area (Å²) >= 11 is 5.76. The lowest BCUT2D eigenvalue weighted by atomic mass is 10.2. The number of halogens is 3. The molecule has 124 valence electrons. The van der Waals surface area contributed by atoms with Crippen molar-refractivity contribution in [3.8, 4) is 5.69 Å². The van der Waals surface area contributed by atoms with Gasteiger partial charge < -0.3 is 5.32 Å². The van der Waals surface area contributed by atoms with Crippen LogP contribution in [0, 0.1) is 6.92 Å². The van der Waals surface area contributed by atoms with Gasteiger partial charge in [-0.2, -0.15) is 0 Å². The lowest BCUT2D eigenvalue weighted by Gasteiger charge is -2.06. The molecule has 0 amide bonds. The number of nitrogens with zero attached hydrogens (tertiary/aromatic N) is 5. The van der Waals surface area contributed by atoms with Crippen molar-refractivity contribution in [2.24, 2.45) is 0 Å². The highest BCUT2D eigenvalue weighted by molar-refractivity contribution is 6.31. The second kappa shape index (κ2) is 6.88. The predicted octanol–water partition coefficient (Wildman–Crippen LogP) is 3.57. The Morgan fingerprint density at radius 3 is 2.71 bits per heavy atom. The SMILES string of the molecule is Cc1cnc(NCc2cn(-c3ccc(Cl)c(C(F)F)c3)nn2)nc1. The lowest BCUT2D eigenvalue weighted by molar-refractivity contribution is 0.151. The van der Waals surface area contributed by atoms with Crippen LogP contribution >= 0.6 is 11.6 Å². The van der Waals surface area contributed by atoms with Gasteiger partial charge in [-0.25, -0.2) is 23.4 Å². The summed E-state index contributed by atoms with van der Waals surface area (Å²) in [7, 11) is 0. The number of nitrogens with one attached hydrogen (secondary N) is 1. The Kier molecular flexibility index (Phi) is 4.66. The van der Waals surface area contributed by atoms with Crippen molar-refractivity contribution in [3.63, 3.8) is 0 Å². The largest absolute Gasteiger partial charge is 0.348 e. The lowest BCUT2D eigenvalue weighted by Crippen LogP contribution is -2.03. The zero-order valence-corrected chi connectivity index (χ0v) is 13.4. The molecule has 0 spiro atoms. The van der Waals surface area contributed by atoms with E-state index in [0.29, 0.717) is 23.9 Å². The molecule has 24 heavy (non-hydrogen) atoms. The van der Waals surface area contributed by atoms with Gasteiger partial charge in [-0.1, -0.05) is 16.8 Å². The second-order valence-electron chi connectivity index (χ2n) is 5.10. The van der Waals surface area contributed by atoms with Crippen LogP contribution in [-0.2, 0) is 6.54 Å². The first kappa shape index (κ1) is 16.3. The van der Waals surface area contributed by atoms with Gasteiger partial charge in [-0.05, 0) is 30.7 Å². The summed E-state index contributed by atoms with van der Waals surface area (Å²) in [5, 5.41) is 11.0. The van der Waals surface area contributed by atoms with Crippen LogP contribution < -0.4 is 5.32 Å². The van der Waals surface area contributed by atoms with Crippen LogP contribution in [-0.4, -0.2) is 25.0 Å². The smallest absolute Gasteiger partial charge is 0.265 e. The molecule has 0 aliphatic carbocycles. The monoisotopic (exact) mass is 350 g/mol. The third-order valence-electron chi connectivity index (χ3n) is 3.23. The zero-order chi connectivity index (χ0) is 17.1. The van der Waals surface area contributed by atoms with Crippen molar-refractivity contribution >= 4 is 17.5 Å². The summed E-state index contributed by atoms with van der Waals surface area (Å²) in [5.74, 6) is 0.474. The van der Waals surface area contributed by atoms with Crippen LogP contribution in [0.25, 0.3) is 5.69 Å². The van der Waals surface area contributed by atoms with Crippen molar-refractivity contribution in [1.29, 1.82) is 0 Å². The van der Waals surface area contributed by atoms with Crippen LogP contribution in [0.2, 0.25) is 5.02 Å². The third kappa shape index (κ3) is 3.65. The number of aromatic nitrogens is 5. The quantitative estimate of drug-likeness (QED) is 0.762. The Bertz CT molecular complexity index is 834. The van der Waals surface area contributed by atoms with E-state index in [1.165, 1.54) is 16.8 Å². The maximum Gasteiger partial charge on any atom is 0.265 e. The molecule has 0 saturated heterocycles. The van der Waals surface area contributed by atoms with Crippen molar-refractivity contribution in [3.05, 3.63) is 58.6 Å². The van der Waals surface area contributed by atoms with Gasteiger partial charge in [-0.3, -0.25) is 0 Å². The molecule has 0 unspecified atom stereocenters. The average Bonchev–Trinajstić information content (AvgIpc) is 3.03. The molecular weight excluding hydrogens is 338 g/mol. The van der Waals surface area contributed by atoms with E-state index in [4.69, 9.17) is 11.6 Å². The first-order chi connectivity index (χ1) is 11.5. The molecule has 6 nitrogen and oxygen atoms in total. The van der Waals surface area contributed by atoms with Crippen LogP contribution in [0.5, 0.6) is 0 Å². The Balaban J connectivity index is 1.73. The van der Waals surface area contributed by atoms with Gasteiger partial charge in [0.2, 0.25) is 5.95 Å². The molecule has 0 aliphatic heterocycles. The third-order valence-corrected chi connectivity index (χ3v) is 3.57. The summed E-state index contributed by atoms with van der Waals surface area (Å²) < 4.78 is 27.2. The van der Waals surface area contributed by atoms with Gasteiger partial charge >= 0.3 is 0 Å². The molecule has 2 heterocycles. The molecule has 9 heteroatoms. The van der Waals surface area contributed by atoms with E-state index in [1.807, 2.05) is 6.92 Å². The normalized spacial score (nSPS) is 11.0. The van der Waals surface area contributed by atoms with Crippen LogP contribution in [0.3, 0.4) is 0 Å². The predicted molar refractivity (Wildman–Crippen MR) is 85.4 cm³/mol. The molecule has 1 N–H and O–H groups in total. The zero-order valence-electron chi connectivity index (χ0n) is 12.6. The molecule has 0 saturated carbocycles. The van der Waals surface area contributed by atoms with Crippen LogP contribution in [0.15, 0.2) is 36.8 Å². The first-order valence-corrected chi connectivity index (χ1v) is 7.42. The van der Waals surface area contributed by atoms with Crippen molar-refractivity contribution in [2.75, 3.05) is 5.32 Å². The number of anilines is 1. The van der Waals surface area contributed by atoms with Crippen molar-refractivity contribution < 1.29 is 8.78 Å². The molecule has 2 aromatic heterocycles. The number of benzene rings is 1. The fourth-order valence-electron chi connectivity index (χ4n) is 2.00. The molecule has 0 bridgehead atoms. The molecule has 1 aromatic carbocycles. The van der Waals surface area contributed by atoms with Crippen LogP contribution in [0.1, 0.15) is 23.2 Å². The Labute approximate surface area is 141 Å². The number of hydrogen-bond acceptors (Lipinski definition) is 5. The number of rotatable bonds is 5. The van der Waals surface area contributed by atoms with E-state index in [1.54, 1.807) is 24.7 Å². The molecular formula is C15H13ClF2N6. The minimum absolute atomic E-state index is 0.0206. The first-order valence-electron chi connectivity index (χ1n) is 7.04. The fraction of sp³-hybridized carbons (Fsp3) is 0.200. The molecule has 0 aliphatic rings. The minimum atomic E-state index is -2.65. The minimum Gasteiger partial charge on any atom is -0.348 e. The van der Waals surface area contributed by atoms with E-state index in [9.17, 15) is 8.78 Å². The van der Waals surface area contributed by atoms with Gasteiger partial charge in [0, 0.05) is 23.0 Å². The molecule has 3 aromatic rings. The second-order valence-corrected chi connectivity index (χ2v) is 5.51. The van der Waals surface area contributed by atoms with E-state index >= 15 is 0 Å².